The highest BCUT2D eigenvalue weighted by atomic mass is 16.5. The van der Waals surface area contributed by atoms with Crippen molar-refractivity contribution in [2.75, 3.05) is 38.2 Å². The van der Waals surface area contributed by atoms with E-state index < -0.39 is 5.97 Å². The van der Waals surface area contributed by atoms with E-state index in [1.54, 1.807) is 12.3 Å². The molecule has 6 heteroatoms. The third-order valence-corrected chi connectivity index (χ3v) is 3.79. The molecule has 1 saturated heterocycles. The van der Waals surface area contributed by atoms with Crippen molar-refractivity contribution in [2.24, 2.45) is 0 Å². The zero-order chi connectivity index (χ0) is 15.2. The van der Waals surface area contributed by atoms with E-state index in [2.05, 4.69) is 20.9 Å². The summed E-state index contributed by atoms with van der Waals surface area (Å²) in [5.41, 5.74) is 1.29. The Balaban J connectivity index is 2.02. The van der Waals surface area contributed by atoms with Gasteiger partial charge in [0.1, 0.15) is 5.69 Å². The fourth-order valence-corrected chi connectivity index (χ4v) is 2.56. The number of carbonyl (C=O) groups is 1. The molecule has 1 aromatic rings. The van der Waals surface area contributed by atoms with E-state index >= 15 is 0 Å². The Morgan fingerprint density at radius 3 is 2.76 bits per heavy atom. The summed E-state index contributed by atoms with van der Waals surface area (Å²) in [7, 11) is 1.35. The van der Waals surface area contributed by atoms with Gasteiger partial charge in [0.15, 0.2) is 0 Å². The molecule has 1 aliphatic rings. The van der Waals surface area contributed by atoms with Crippen LogP contribution in [0.4, 0.5) is 5.69 Å². The van der Waals surface area contributed by atoms with E-state index in [1.807, 2.05) is 13.0 Å². The summed E-state index contributed by atoms with van der Waals surface area (Å²) >= 11 is 0. The van der Waals surface area contributed by atoms with Gasteiger partial charge in [-0.05, 0) is 18.6 Å². The molecule has 1 aromatic heterocycles. The standard InChI is InChI=1S/C15H20N4O2/c1-3-12(11-16)18-6-8-19(9-7-18)13-4-5-17-14(10-13)15(20)21-2/h4-5,10,12H,3,6-9H2,1-2H3. The molecule has 0 radical (unpaired) electrons. The Morgan fingerprint density at radius 1 is 1.48 bits per heavy atom. The monoisotopic (exact) mass is 288 g/mol. The number of piperazine rings is 1. The van der Waals surface area contributed by atoms with E-state index in [0.717, 1.165) is 38.3 Å². The number of hydrogen-bond donors (Lipinski definition) is 0. The van der Waals surface area contributed by atoms with Crippen LogP contribution in [-0.4, -0.2) is 55.2 Å². The second-order valence-electron chi connectivity index (χ2n) is 4.97. The molecule has 0 amide bonds. The van der Waals surface area contributed by atoms with Gasteiger partial charge in [0, 0.05) is 38.1 Å². The maximum Gasteiger partial charge on any atom is 0.356 e. The fourth-order valence-electron chi connectivity index (χ4n) is 2.56. The number of esters is 1. The summed E-state index contributed by atoms with van der Waals surface area (Å²) in [4.78, 5) is 20.0. The fraction of sp³-hybridized carbons (Fsp3) is 0.533. The van der Waals surface area contributed by atoms with Crippen molar-refractivity contribution in [1.29, 1.82) is 5.26 Å². The maximum atomic E-state index is 11.5. The molecule has 0 bridgehead atoms. The first-order valence-electron chi connectivity index (χ1n) is 7.12. The van der Waals surface area contributed by atoms with Crippen LogP contribution in [0.1, 0.15) is 23.8 Å². The highest BCUT2D eigenvalue weighted by Crippen LogP contribution is 2.18. The number of carbonyl (C=O) groups excluding carboxylic acids is 1. The van der Waals surface area contributed by atoms with Crippen LogP contribution in [0, 0.1) is 11.3 Å². The van der Waals surface area contributed by atoms with Crippen LogP contribution in [0.3, 0.4) is 0 Å². The van der Waals surface area contributed by atoms with Gasteiger partial charge in [0.05, 0.1) is 19.2 Å². The van der Waals surface area contributed by atoms with Gasteiger partial charge in [0.2, 0.25) is 0 Å². The number of methoxy groups -OCH3 is 1. The van der Waals surface area contributed by atoms with Gasteiger partial charge in [0.25, 0.3) is 0 Å². The third-order valence-electron chi connectivity index (χ3n) is 3.79. The Morgan fingerprint density at radius 2 is 2.19 bits per heavy atom. The molecule has 2 heterocycles. The first-order chi connectivity index (χ1) is 10.2. The molecule has 0 spiro atoms. The summed E-state index contributed by atoms with van der Waals surface area (Å²) in [6, 6.07) is 5.99. The normalized spacial score (nSPS) is 17.1. The average Bonchev–Trinajstić information content (AvgIpc) is 2.56. The van der Waals surface area contributed by atoms with Crippen molar-refractivity contribution >= 4 is 11.7 Å². The van der Waals surface area contributed by atoms with Gasteiger partial charge < -0.3 is 9.64 Å². The topological polar surface area (TPSA) is 69.5 Å². The van der Waals surface area contributed by atoms with Gasteiger partial charge in [-0.3, -0.25) is 4.90 Å². The lowest BCUT2D eigenvalue weighted by Gasteiger charge is -2.37. The van der Waals surface area contributed by atoms with Crippen LogP contribution in [-0.2, 0) is 4.74 Å². The van der Waals surface area contributed by atoms with E-state index in [1.165, 1.54) is 7.11 Å². The van der Waals surface area contributed by atoms with Crippen molar-refractivity contribution in [3.63, 3.8) is 0 Å². The molecule has 0 aromatic carbocycles. The highest BCUT2D eigenvalue weighted by Gasteiger charge is 2.23. The molecule has 1 fully saturated rings. The molecule has 6 nitrogen and oxygen atoms in total. The second kappa shape index (κ2) is 7.04. The number of aromatic nitrogens is 1. The quantitative estimate of drug-likeness (QED) is 0.778. The van der Waals surface area contributed by atoms with Crippen molar-refractivity contribution in [1.82, 2.24) is 9.88 Å². The predicted molar refractivity (Wildman–Crippen MR) is 79.1 cm³/mol. The summed E-state index contributed by atoms with van der Waals surface area (Å²) in [6.45, 7) is 5.40. The molecule has 1 atom stereocenters. The first kappa shape index (κ1) is 15.3. The zero-order valence-corrected chi connectivity index (χ0v) is 12.5. The molecule has 21 heavy (non-hydrogen) atoms. The number of anilines is 1. The SMILES string of the molecule is CCC(C#N)N1CCN(c2ccnc(C(=O)OC)c2)CC1. The third kappa shape index (κ3) is 3.50. The van der Waals surface area contributed by atoms with Crippen LogP contribution in [0.25, 0.3) is 0 Å². The molecule has 0 saturated carbocycles. The first-order valence-corrected chi connectivity index (χ1v) is 7.12. The predicted octanol–water partition coefficient (Wildman–Crippen LogP) is 1.29. The number of hydrogen-bond acceptors (Lipinski definition) is 6. The van der Waals surface area contributed by atoms with Gasteiger partial charge in [-0.1, -0.05) is 6.92 Å². The van der Waals surface area contributed by atoms with Gasteiger partial charge >= 0.3 is 5.97 Å². The van der Waals surface area contributed by atoms with Crippen molar-refractivity contribution in [2.45, 2.75) is 19.4 Å². The smallest absolute Gasteiger partial charge is 0.356 e. The lowest BCUT2D eigenvalue weighted by molar-refractivity contribution is 0.0594. The zero-order valence-electron chi connectivity index (χ0n) is 12.5. The number of pyridine rings is 1. The Hall–Kier alpha value is -2.13. The van der Waals surface area contributed by atoms with Crippen molar-refractivity contribution in [3.8, 4) is 6.07 Å². The van der Waals surface area contributed by atoms with Gasteiger partial charge in [-0.25, -0.2) is 9.78 Å². The Bertz CT molecular complexity index is 533. The van der Waals surface area contributed by atoms with Crippen LogP contribution >= 0.6 is 0 Å². The molecule has 2 rings (SSSR count). The number of nitriles is 1. The van der Waals surface area contributed by atoms with Gasteiger partial charge in [-0.2, -0.15) is 5.26 Å². The minimum atomic E-state index is -0.425. The van der Waals surface area contributed by atoms with Crippen molar-refractivity contribution < 1.29 is 9.53 Å². The molecule has 0 N–H and O–H groups in total. The molecule has 1 unspecified atom stereocenters. The largest absolute Gasteiger partial charge is 0.464 e. The minimum absolute atomic E-state index is 0.00443. The number of nitrogens with zero attached hydrogens (tertiary/aromatic N) is 4. The summed E-state index contributed by atoms with van der Waals surface area (Å²) in [5.74, 6) is -0.425. The molecular weight excluding hydrogens is 268 g/mol. The van der Waals surface area contributed by atoms with E-state index in [-0.39, 0.29) is 6.04 Å². The van der Waals surface area contributed by atoms with Crippen LogP contribution in [0.2, 0.25) is 0 Å². The average molecular weight is 288 g/mol. The maximum absolute atomic E-state index is 11.5. The lowest BCUT2D eigenvalue weighted by atomic mass is 10.1. The van der Waals surface area contributed by atoms with E-state index in [4.69, 9.17) is 10.00 Å². The summed E-state index contributed by atoms with van der Waals surface area (Å²) < 4.78 is 4.69. The number of ether oxygens (including phenoxy) is 1. The lowest BCUT2D eigenvalue weighted by Crippen LogP contribution is -2.50. The molecule has 0 aliphatic carbocycles. The Labute approximate surface area is 124 Å². The Kier molecular flexibility index (Phi) is 5.12. The number of rotatable bonds is 4. The summed E-state index contributed by atoms with van der Waals surface area (Å²) in [5, 5.41) is 9.12. The van der Waals surface area contributed by atoms with E-state index in [0.29, 0.717) is 5.69 Å². The van der Waals surface area contributed by atoms with Crippen LogP contribution in [0.15, 0.2) is 18.3 Å². The minimum Gasteiger partial charge on any atom is -0.464 e. The highest BCUT2D eigenvalue weighted by molar-refractivity contribution is 5.88. The van der Waals surface area contributed by atoms with Crippen molar-refractivity contribution in [3.05, 3.63) is 24.0 Å². The second-order valence-corrected chi connectivity index (χ2v) is 4.97. The van der Waals surface area contributed by atoms with Gasteiger partial charge in [-0.15, -0.1) is 0 Å². The van der Waals surface area contributed by atoms with Crippen LogP contribution in [0.5, 0.6) is 0 Å². The van der Waals surface area contributed by atoms with Crippen LogP contribution < -0.4 is 4.90 Å². The molecular formula is C15H20N4O2. The molecule has 112 valence electrons. The van der Waals surface area contributed by atoms with E-state index in [9.17, 15) is 4.79 Å². The summed E-state index contributed by atoms with van der Waals surface area (Å²) in [6.07, 6.45) is 2.47. The molecule has 1 aliphatic heterocycles.